The third kappa shape index (κ3) is 7.97. The van der Waals surface area contributed by atoms with E-state index in [0.29, 0.717) is 13.1 Å². The lowest BCUT2D eigenvalue weighted by molar-refractivity contribution is -0.123. The molecule has 3 aromatic carbocycles. The molecule has 1 fully saturated rings. The van der Waals surface area contributed by atoms with Crippen LogP contribution in [0.1, 0.15) is 47.6 Å². The van der Waals surface area contributed by atoms with Crippen molar-refractivity contribution >= 4 is 15.9 Å². The Balaban J connectivity index is 1.35. The van der Waals surface area contributed by atoms with Crippen LogP contribution in [-0.2, 0) is 27.1 Å². The van der Waals surface area contributed by atoms with Crippen LogP contribution in [0.2, 0.25) is 0 Å². The summed E-state index contributed by atoms with van der Waals surface area (Å²) in [6, 6.07) is 26.2. The van der Waals surface area contributed by atoms with Gasteiger partial charge in [0.25, 0.3) is 0 Å². The summed E-state index contributed by atoms with van der Waals surface area (Å²) in [7, 11) is -3.46. The Morgan fingerprint density at radius 3 is 2.22 bits per heavy atom. The van der Waals surface area contributed by atoms with Crippen LogP contribution in [0.5, 0.6) is 0 Å². The zero-order valence-electron chi connectivity index (χ0n) is 21.1. The van der Waals surface area contributed by atoms with E-state index in [0.717, 1.165) is 35.2 Å². The highest BCUT2D eigenvalue weighted by Gasteiger charge is 2.26. The molecule has 0 aromatic heterocycles. The third-order valence-electron chi connectivity index (χ3n) is 6.78. The highest BCUT2D eigenvalue weighted by molar-refractivity contribution is 7.88. The van der Waals surface area contributed by atoms with E-state index in [1.54, 1.807) is 12.1 Å². The number of β-amino-alcohol motifs (C(OH)–C–C–N with tert-alkyl or cyclic N) is 1. The molecule has 0 spiro atoms. The molecular weight excluding hydrogens is 486 g/mol. The molecule has 3 N–H and O–H groups in total. The van der Waals surface area contributed by atoms with Crippen LogP contribution in [0.15, 0.2) is 84.9 Å². The van der Waals surface area contributed by atoms with Gasteiger partial charge in [-0.25, -0.2) is 13.1 Å². The van der Waals surface area contributed by atoms with Crippen LogP contribution in [0, 0.1) is 0 Å². The van der Waals surface area contributed by atoms with Crippen molar-refractivity contribution in [1.82, 2.24) is 14.9 Å². The standard InChI is InChI=1S/C29H35N3O4S/c1-22(29(34)31-28(26-10-6-3-7-11-26)20-32-17-16-27(33)19-32)25-14-12-23(13-15-25)18-30-37(35,36)21-24-8-4-2-5-9-24/h2-15,22,27-28,30,33H,16-21H2,1H3,(H,31,34). The molecule has 1 amide bonds. The molecule has 1 heterocycles. The first-order valence-corrected chi connectivity index (χ1v) is 14.3. The van der Waals surface area contributed by atoms with Crippen molar-refractivity contribution in [3.63, 3.8) is 0 Å². The van der Waals surface area contributed by atoms with Gasteiger partial charge in [0.05, 0.1) is 23.8 Å². The number of nitrogens with one attached hydrogen (secondary N) is 2. The molecular formula is C29H35N3O4S. The van der Waals surface area contributed by atoms with E-state index in [-0.39, 0.29) is 36.3 Å². The van der Waals surface area contributed by atoms with E-state index >= 15 is 0 Å². The number of carbonyl (C=O) groups excluding carboxylic acids is 1. The maximum Gasteiger partial charge on any atom is 0.227 e. The normalized spacial score (nSPS) is 17.8. The Morgan fingerprint density at radius 1 is 0.946 bits per heavy atom. The topological polar surface area (TPSA) is 98.7 Å². The van der Waals surface area contributed by atoms with Crippen molar-refractivity contribution < 1.29 is 18.3 Å². The largest absolute Gasteiger partial charge is 0.392 e. The van der Waals surface area contributed by atoms with Gasteiger partial charge in [-0.15, -0.1) is 0 Å². The number of aliphatic hydroxyl groups excluding tert-OH is 1. The minimum Gasteiger partial charge on any atom is -0.392 e. The average Bonchev–Trinajstić information content (AvgIpc) is 3.32. The molecule has 8 heteroatoms. The van der Waals surface area contributed by atoms with E-state index in [4.69, 9.17) is 0 Å². The van der Waals surface area contributed by atoms with Crippen LogP contribution in [0.25, 0.3) is 0 Å². The molecule has 3 aromatic rings. The Kier molecular flexibility index (Phi) is 9.10. The lowest BCUT2D eigenvalue weighted by Crippen LogP contribution is -2.39. The molecule has 0 saturated carbocycles. The van der Waals surface area contributed by atoms with E-state index < -0.39 is 10.0 Å². The second kappa shape index (κ2) is 12.5. The van der Waals surface area contributed by atoms with E-state index in [9.17, 15) is 18.3 Å². The minimum absolute atomic E-state index is 0.0674. The molecule has 0 radical (unpaired) electrons. The monoisotopic (exact) mass is 521 g/mol. The summed E-state index contributed by atoms with van der Waals surface area (Å²) >= 11 is 0. The molecule has 0 bridgehead atoms. The summed E-state index contributed by atoms with van der Waals surface area (Å²) in [5.74, 6) is -0.522. The molecule has 1 aliphatic heterocycles. The Morgan fingerprint density at radius 2 is 1.59 bits per heavy atom. The summed E-state index contributed by atoms with van der Waals surface area (Å²) < 4.78 is 27.5. The summed E-state index contributed by atoms with van der Waals surface area (Å²) in [6.07, 6.45) is 0.438. The van der Waals surface area contributed by atoms with Gasteiger partial charge < -0.3 is 10.4 Å². The SMILES string of the molecule is CC(C(=O)NC(CN1CCC(O)C1)c1ccccc1)c1ccc(CNS(=O)(=O)Cc2ccccc2)cc1. The molecule has 3 unspecified atom stereocenters. The summed E-state index contributed by atoms with van der Waals surface area (Å²) in [6.45, 7) is 4.13. The van der Waals surface area contributed by atoms with Gasteiger partial charge in [-0.2, -0.15) is 0 Å². The summed E-state index contributed by atoms with van der Waals surface area (Å²) in [5, 5.41) is 13.1. The van der Waals surface area contributed by atoms with Crippen LogP contribution in [0.3, 0.4) is 0 Å². The minimum atomic E-state index is -3.46. The van der Waals surface area contributed by atoms with Crippen LogP contribution in [-0.4, -0.2) is 50.1 Å². The zero-order chi connectivity index (χ0) is 26.3. The van der Waals surface area contributed by atoms with Crippen LogP contribution in [0.4, 0.5) is 0 Å². The van der Waals surface area contributed by atoms with Crippen molar-refractivity contribution in [1.29, 1.82) is 0 Å². The molecule has 3 atom stereocenters. The van der Waals surface area contributed by atoms with Crippen molar-refractivity contribution in [3.05, 3.63) is 107 Å². The zero-order valence-corrected chi connectivity index (χ0v) is 21.9. The van der Waals surface area contributed by atoms with Gasteiger partial charge in [0.1, 0.15) is 0 Å². The summed E-state index contributed by atoms with van der Waals surface area (Å²) in [4.78, 5) is 15.4. The van der Waals surface area contributed by atoms with Gasteiger partial charge in [0.2, 0.25) is 15.9 Å². The first-order chi connectivity index (χ1) is 17.8. The smallest absolute Gasteiger partial charge is 0.227 e. The molecule has 1 saturated heterocycles. The molecule has 196 valence electrons. The molecule has 7 nitrogen and oxygen atoms in total. The number of amides is 1. The van der Waals surface area contributed by atoms with Crippen molar-refractivity contribution in [2.24, 2.45) is 0 Å². The highest BCUT2D eigenvalue weighted by atomic mass is 32.2. The number of sulfonamides is 1. The number of aliphatic hydroxyl groups is 1. The number of benzene rings is 3. The second-order valence-corrected chi connectivity index (χ2v) is 11.5. The Hall–Kier alpha value is -3.04. The summed E-state index contributed by atoms with van der Waals surface area (Å²) in [5.41, 5.74) is 3.45. The lowest BCUT2D eigenvalue weighted by Gasteiger charge is -2.26. The number of hydrogen-bond acceptors (Lipinski definition) is 5. The molecule has 37 heavy (non-hydrogen) atoms. The lowest BCUT2D eigenvalue weighted by atomic mass is 9.97. The van der Waals surface area contributed by atoms with Gasteiger partial charge in [-0.05, 0) is 35.6 Å². The second-order valence-electron chi connectivity index (χ2n) is 9.70. The van der Waals surface area contributed by atoms with Gasteiger partial charge in [-0.1, -0.05) is 84.9 Å². The van der Waals surface area contributed by atoms with Gasteiger partial charge in [-0.3, -0.25) is 9.69 Å². The van der Waals surface area contributed by atoms with E-state index in [2.05, 4.69) is 14.9 Å². The fourth-order valence-corrected chi connectivity index (χ4v) is 5.69. The third-order valence-corrected chi connectivity index (χ3v) is 8.07. The molecule has 0 aliphatic carbocycles. The first-order valence-electron chi connectivity index (χ1n) is 12.6. The first kappa shape index (κ1) is 27.0. The average molecular weight is 522 g/mol. The van der Waals surface area contributed by atoms with E-state index in [1.807, 2.05) is 79.7 Å². The predicted octanol–water partition coefficient (Wildman–Crippen LogP) is 3.33. The number of nitrogens with zero attached hydrogens (tertiary/aromatic N) is 1. The van der Waals surface area contributed by atoms with Crippen molar-refractivity contribution in [3.8, 4) is 0 Å². The maximum absolute atomic E-state index is 13.2. The Labute approximate surface area is 219 Å². The predicted molar refractivity (Wildman–Crippen MR) is 145 cm³/mol. The van der Waals surface area contributed by atoms with E-state index in [1.165, 1.54) is 0 Å². The van der Waals surface area contributed by atoms with Gasteiger partial charge >= 0.3 is 0 Å². The quantitative estimate of drug-likeness (QED) is 0.360. The van der Waals surface area contributed by atoms with Crippen molar-refractivity contribution in [2.45, 2.75) is 43.7 Å². The number of carbonyl (C=O) groups is 1. The number of rotatable bonds is 11. The number of likely N-dealkylation sites (tertiary alicyclic amines) is 1. The molecule has 4 rings (SSSR count). The van der Waals surface area contributed by atoms with Crippen LogP contribution < -0.4 is 10.0 Å². The number of hydrogen-bond donors (Lipinski definition) is 3. The van der Waals surface area contributed by atoms with Gasteiger partial charge in [0.15, 0.2) is 0 Å². The highest BCUT2D eigenvalue weighted by Crippen LogP contribution is 2.22. The fourth-order valence-electron chi connectivity index (χ4n) is 4.57. The van der Waals surface area contributed by atoms with Crippen molar-refractivity contribution in [2.75, 3.05) is 19.6 Å². The van der Waals surface area contributed by atoms with Gasteiger partial charge in [0, 0.05) is 26.2 Å². The maximum atomic E-state index is 13.2. The fraction of sp³-hybridized carbons (Fsp3) is 0.345. The van der Waals surface area contributed by atoms with Crippen LogP contribution >= 0.6 is 0 Å². The molecule has 1 aliphatic rings. The Bertz CT molecular complexity index is 1250.